The van der Waals surface area contributed by atoms with Crippen LogP contribution in [0.2, 0.25) is 0 Å². The van der Waals surface area contributed by atoms with Gasteiger partial charge in [-0.3, -0.25) is 4.79 Å². The molecule has 0 bridgehead atoms. The number of carbonyl (C=O) groups is 1. The molecular formula is C10H16ClNO. The zero-order valence-electron chi connectivity index (χ0n) is 7.98. The summed E-state index contributed by atoms with van der Waals surface area (Å²) in [6.45, 7) is 2.03. The molecule has 13 heavy (non-hydrogen) atoms. The van der Waals surface area contributed by atoms with Gasteiger partial charge in [0.15, 0.2) is 0 Å². The van der Waals surface area contributed by atoms with Crippen molar-refractivity contribution in [3.63, 3.8) is 0 Å². The highest BCUT2D eigenvalue weighted by Crippen LogP contribution is 2.40. The second-order valence-electron chi connectivity index (χ2n) is 4.53. The molecule has 0 aliphatic heterocycles. The minimum Gasteiger partial charge on any atom is -0.349 e. The van der Waals surface area contributed by atoms with Crippen LogP contribution in [0.15, 0.2) is 0 Å². The third-order valence-electron chi connectivity index (χ3n) is 3.24. The summed E-state index contributed by atoms with van der Waals surface area (Å²) in [7, 11) is 0. The van der Waals surface area contributed by atoms with Crippen LogP contribution < -0.4 is 5.32 Å². The third kappa shape index (κ3) is 1.98. The first-order chi connectivity index (χ1) is 6.17. The van der Waals surface area contributed by atoms with Gasteiger partial charge in [0, 0.05) is 11.8 Å². The van der Waals surface area contributed by atoms with Crippen molar-refractivity contribution < 1.29 is 4.79 Å². The van der Waals surface area contributed by atoms with E-state index in [1.807, 2.05) is 6.92 Å². The molecule has 1 amide bonds. The van der Waals surface area contributed by atoms with E-state index >= 15 is 0 Å². The van der Waals surface area contributed by atoms with Gasteiger partial charge in [-0.1, -0.05) is 6.92 Å². The Morgan fingerprint density at radius 3 is 2.62 bits per heavy atom. The number of amides is 1. The van der Waals surface area contributed by atoms with Gasteiger partial charge < -0.3 is 5.32 Å². The summed E-state index contributed by atoms with van der Waals surface area (Å²) in [5.74, 6) is 1.61. The van der Waals surface area contributed by atoms with Gasteiger partial charge in [-0.05, 0) is 31.6 Å². The lowest BCUT2D eigenvalue weighted by Gasteiger charge is -2.17. The van der Waals surface area contributed by atoms with Crippen LogP contribution in [0, 0.1) is 11.8 Å². The molecule has 2 nitrogen and oxygen atoms in total. The van der Waals surface area contributed by atoms with Gasteiger partial charge in [-0.15, -0.1) is 11.6 Å². The lowest BCUT2D eigenvalue weighted by Crippen LogP contribution is -2.41. The maximum Gasteiger partial charge on any atom is 0.223 e. The predicted molar refractivity (Wildman–Crippen MR) is 52.7 cm³/mol. The van der Waals surface area contributed by atoms with Crippen LogP contribution in [0.3, 0.4) is 0 Å². The Kier molecular flexibility index (Phi) is 2.26. The highest BCUT2D eigenvalue weighted by Gasteiger charge is 2.45. The van der Waals surface area contributed by atoms with Gasteiger partial charge >= 0.3 is 0 Å². The molecule has 2 saturated carbocycles. The Bertz CT molecular complexity index is 221. The van der Waals surface area contributed by atoms with Crippen LogP contribution in [0.25, 0.3) is 0 Å². The van der Waals surface area contributed by atoms with Crippen LogP contribution in [-0.4, -0.2) is 17.3 Å². The number of carbonyl (C=O) groups excluding carboxylic acids is 1. The maximum absolute atomic E-state index is 11.7. The van der Waals surface area contributed by atoms with E-state index in [1.165, 1.54) is 12.8 Å². The predicted octanol–water partition coefficient (Wildman–Crippen LogP) is 1.92. The second-order valence-corrected chi connectivity index (χ2v) is 4.80. The molecule has 0 aromatic heterocycles. The molecule has 0 spiro atoms. The van der Waals surface area contributed by atoms with Crippen molar-refractivity contribution in [2.24, 2.45) is 11.8 Å². The smallest absolute Gasteiger partial charge is 0.223 e. The Morgan fingerprint density at radius 2 is 2.23 bits per heavy atom. The van der Waals surface area contributed by atoms with Gasteiger partial charge in [-0.25, -0.2) is 0 Å². The summed E-state index contributed by atoms with van der Waals surface area (Å²) in [5, 5.41) is 3.07. The number of alkyl halides is 1. The van der Waals surface area contributed by atoms with Crippen molar-refractivity contribution in [1.82, 2.24) is 5.32 Å². The molecule has 0 saturated heterocycles. The number of halogens is 1. The van der Waals surface area contributed by atoms with Gasteiger partial charge in [0.2, 0.25) is 5.91 Å². The largest absolute Gasteiger partial charge is 0.349 e. The fourth-order valence-corrected chi connectivity index (χ4v) is 1.96. The second kappa shape index (κ2) is 3.16. The average Bonchev–Trinajstić information content (AvgIpc) is 2.99. The molecule has 1 atom stereocenters. The minimum atomic E-state index is -0.0260. The quantitative estimate of drug-likeness (QED) is 0.692. The fraction of sp³-hybridized carbons (Fsp3) is 0.900. The molecule has 0 radical (unpaired) electrons. The molecule has 2 aliphatic rings. The summed E-state index contributed by atoms with van der Waals surface area (Å²) in [4.78, 5) is 11.7. The topological polar surface area (TPSA) is 29.1 Å². The molecular weight excluding hydrogens is 186 g/mol. The lowest BCUT2D eigenvalue weighted by molar-refractivity contribution is -0.125. The first-order valence-corrected chi connectivity index (χ1v) is 5.58. The van der Waals surface area contributed by atoms with E-state index in [-0.39, 0.29) is 17.4 Å². The van der Waals surface area contributed by atoms with Crippen LogP contribution in [0.1, 0.15) is 32.6 Å². The van der Waals surface area contributed by atoms with E-state index in [4.69, 9.17) is 11.6 Å². The van der Waals surface area contributed by atoms with Crippen molar-refractivity contribution in [1.29, 1.82) is 0 Å². The Morgan fingerprint density at radius 1 is 1.62 bits per heavy atom. The van der Waals surface area contributed by atoms with Crippen molar-refractivity contribution in [3.05, 3.63) is 0 Å². The average molecular weight is 202 g/mol. The fourth-order valence-electron chi connectivity index (χ4n) is 1.63. The molecule has 0 aromatic rings. The van der Waals surface area contributed by atoms with Crippen molar-refractivity contribution in [3.8, 4) is 0 Å². The van der Waals surface area contributed by atoms with Crippen LogP contribution in [-0.2, 0) is 4.79 Å². The van der Waals surface area contributed by atoms with Crippen LogP contribution >= 0.6 is 11.6 Å². The summed E-state index contributed by atoms with van der Waals surface area (Å²) < 4.78 is 0. The highest BCUT2D eigenvalue weighted by atomic mass is 35.5. The number of rotatable bonds is 4. The maximum atomic E-state index is 11.7. The zero-order chi connectivity index (χ0) is 9.47. The Balaban J connectivity index is 1.83. The molecule has 3 heteroatoms. The van der Waals surface area contributed by atoms with Crippen molar-refractivity contribution in [2.45, 2.75) is 38.1 Å². The van der Waals surface area contributed by atoms with Crippen LogP contribution in [0.5, 0.6) is 0 Å². The van der Waals surface area contributed by atoms with E-state index < -0.39 is 0 Å². The lowest BCUT2D eigenvalue weighted by atomic mass is 10.1. The highest BCUT2D eigenvalue weighted by molar-refractivity contribution is 6.19. The first-order valence-electron chi connectivity index (χ1n) is 5.05. The zero-order valence-corrected chi connectivity index (χ0v) is 8.73. The van der Waals surface area contributed by atoms with Gasteiger partial charge in [0.1, 0.15) is 0 Å². The normalized spacial score (nSPS) is 26.6. The SMILES string of the molecule is CC(C(=O)NC1(CCl)CC1)C1CC1. The molecule has 1 unspecified atom stereocenters. The van der Waals surface area contributed by atoms with Crippen LogP contribution in [0.4, 0.5) is 0 Å². The first kappa shape index (κ1) is 9.32. The standard InChI is InChI=1S/C10H16ClNO/c1-7(8-2-3-8)9(13)12-10(6-11)4-5-10/h7-8H,2-6H2,1H3,(H,12,13). The Hall–Kier alpha value is -0.240. The summed E-state index contributed by atoms with van der Waals surface area (Å²) in [6.07, 6.45) is 4.56. The van der Waals surface area contributed by atoms with E-state index in [0.29, 0.717) is 11.8 Å². The molecule has 0 aromatic carbocycles. The van der Waals surface area contributed by atoms with Gasteiger partial charge in [0.25, 0.3) is 0 Å². The van der Waals surface area contributed by atoms with E-state index in [9.17, 15) is 4.79 Å². The van der Waals surface area contributed by atoms with E-state index in [1.54, 1.807) is 0 Å². The monoisotopic (exact) mass is 201 g/mol. The van der Waals surface area contributed by atoms with E-state index in [0.717, 1.165) is 12.8 Å². The van der Waals surface area contributed by atoms with Crippen molar-refractivity contribution >= 4 is 17.5 Å². The molecule has 2 fully saturated rings. The minimum absolute atomic E-state index is 0.0260. The number of nitrogens with one attached hydrogen (secondary N) is 1. The van der Waals surface area contributed by atoms with E-state index in [2.05, 4.69) is 5.32 Å². The third-order valence-corrected chi connectivity index (χ3v) is 3.75. The molecule has 2 rings (SSSR count). The number of hydrogen-bond donors (Lipinski definition) is 1. The molecule has 0 heterocycles. The summed E-state index contributed by atoms with van der Waals surface area (Å²) in [6, 6.07) is 0. The molecule has 2 aliphatic carbocycles. The summed E-state index contributed by atoms with van der Waals surface area (Å²) in [5.41, 5.74) is -0.0260. The summed E-state index contributed by atoms with van der Waals surface area (Å²) >= 11 is 5.78. The Labute approximate surface area is 84.0 Å². The van der Waals surface area contributed by atoms with Gasteiger partial charge in [-0.2, -0.15) is 0 Å². The van der Waals surface area contributed by atoms with Crippen molar-refractivity contribution in [2.75, 3.05) is 5.88 Å². The number of hydrogen-bond acceptors (Lipinski definition) is 1. The molecule has 1 N–H and O–H groups in total. The molecule has 74 valence electrons. The van der Waals surface area contributed by atoms with Gasteiger partial charge in [0.05, 0.1) is 5.54 Å².